The highest BCUT2D eigenvalue weighted by Crippen LogP contribution is 2.38. The van der Waals surface area contributed by atoms with Gasteiger partial charge in [-0.25, -0.2) is 9.78 Å². The Kier molecular flexibility index (Phi) is 4.72. The molecule has 2 fully saturated rings. The van der Waals surface area contributed by atoms with Crippen molar-refractivity contribution in [2.45, 2.75) is 44.1 Å². The second-order valence-electron chi connectivity index (χ2n) is 7.29. The second kappa shape index (κ2) is 7.30. The maximum absolute atomic E-state index is 12.9. The van der Waals surface area contributed by atoms with E-state index in [4.69, 9.17) is 0 Å². The molecule has 2 aromatic rings. The topological polar surface area (TPSA) is 61.0 Å². The van der Waals surface area contributed by atoms with E-state index >= 15 is 0 Å². The second-order valence-corrected chi connectivity index (χ2v) is 7.29. The predicted octanol–water partition coefficient (Wildman–Crippen LogP) is 3.84. The van der Waals surface area contributed by atoms with E-state index in [0.717, 1.165) is 31.8 Å². The number of nitrogens with one attached hydrogen (secondary N) is 2. The van der Waals surface area contributed by atoms with Crippen molar-refractivity contribution in [3.05, 3.63) is 54.1 Å². The van der Waals surface area contributed by atoms with Gasteiger partial charge in [0, 0.05) is 31.4 Å². The van der Waals surface area contributed by atoms with Gasteiger partial charge >= 0.3 is 6.03 Å². The van der Waals surface area contributed by atoms with Crippen molar-refractivity contribution in [3.63, 3.8) is 0 Å². The maximum atomic E-state index is 12.9. The van der Waals surface area contributed by atoms with Crippen LogP contribution in [-0.4, -0.2) is 34.0 Å². The molecule has 0 radical (unpaired) electrons. The number of likely N-dealkylation sites (tertiary alicyclic amines) is 1. The van der Waals surface area contributed by atoms with Crippen LogP contribution in [0.2, 0.25) is 0 Å². The molecular formula is C20H26N4O. The van der Waals surface area contributed by atoms with Gasteiger partial charge in [0.1, 0.15) is 5.82 Å². The van der Waals surface area contributed by atoms with Gasteiger partial charge in [-0.1, -0.05) is 36.8 Å². The Morgan fingerprint density at radius 3 is 2.72 bits per heavy atom. The van der Waals surface area contributed by atoms with Crippen LogP contribution in [0.25, 0.3) is 0 Å². The van der Waals surface area contributed by atoms with Crippen LogP contribution in [0.3, 0.4) is 0 Å². The summed E-state index contributed by atoms with van der Waals surface area (Å²) in [6.07, 6.45) is 9.44. The van der Waals surface area contributed by atoms with Crippen molar-refractivity contribution >= 4 is 6.03 Å². The fourth-order valence-corrected chi connectivity index (χ4v) is 4.02. The molecule has 0 bridgehead atoms. The van der Waals surface area contributed by atoms with E-state index in [0.29, 0.717) is 11.8 Å². The molecule has 1 aliphatic carbocycles. The monoisotopic (exact) mass is 338 g/mol. The number of carbonyl (C=O) groups excluding carboxylic acids is 1. The standard InChI is InChI=1S/C20H26N4O/c25-20(24-13-5-10-17(14-24)19-21-11-12-22-19)23-18(16-8-4-9-16)15-6-2-1-3-7-15/h1-3,6-7,11-12,16-18H,4-5,8-10,13-14H2,(H,21,22)(H,23,25)/t17-,18-/m0/s1. The molecule has 1 aliphatic heterocycles. The normalized spacial score (nSPS) is 22.2. The highest BCUT2D eigenvalue weighted by Gasteiger charge is 2.32. The molecule has 1 aromatic heterocycles. The summed E-state index contributed by atoms with van der Waals surface area (Å²) >= 11 is 0. The lowest BCUT2D eigenvalue weighted by molar-refractivity contribution is 0.160. The molecule has 0 unspecified atom stereocenters. The van der Waals surface area contributed by atoms with E-state index in [-0.39, 0.29) is 12.1 Å². The van der Waals surface area contributed by atoms with Gasteiger partial charge in [-0.3, -0.25) is 0 Å². The van der Waals surface area contributed by atoms with Crippen LogP contribution in [0.5, 0.6) is 0 Å². The summed E-state index contributed by atoms with van der Waals surface area (Å²) in [7, 11) is 0. The zero-order valence-corrected chi connectivity index (χ0v) is 14.5. The smallest absolute Gasteiger partial charge is 0.317 e. The first-order chi connectivity index (χ1) is 12.3. The van der Waals surface area contributed by atoms with Gasteiger partial charge in [-0.05, 0) is 37.2 Å². The minimum atomic E-state index is 0.0667. The Labute approximate surface area is 148 Å². The minimum absolute atomic E-state index is 0.0667. The number of urea groups is 1. The van der Waals surface area contributed by atoms with Gasteiger partial charge in [-0.15, -0.1) is 0 Å². The third kappa shape index (κ3) is 3.55. The van der Waals surface area contributed by atoms with Gasteiger partial charge < -0.3 is 15.2 Å². The lowest BCUT2D eigenvalue weighted by Crippen LogP contribution is -2.48. The summed E-state index contributed by atoms with van der Waals surface area (Å²) in [6, 6.07) is 10.6. The van der Waals surface area contributed by atoms with Crippen molar-refractivity contribution in [1.29, 1.82) is 0 Å². The number of hydrogen-bond donors (Lipinski definition) is 2. The van der Waals surface area contributed by atoms with Gasteiger partial charge in [0.25, 0.3) is 0 Å². The van der Waals surface area contributed by atoms with E-state index in [1.54, 1.807) is 6.20 Å². The molecule has 1 saturated carbocycles. The number of aromatic nitrogens is 2. The number of benzene rings is 1. The van der Waals surface area contributed by atoms with Gasteiger partial charge in [0.05, 0.1) is 6.04 Å². The first-order valence-electron chi connectivity index (χ1n) is 9.41. The molecule has 2 amide bonds. The zero-order chi connectivity index (χ0) is 17.1. The molecule has 132 valence electrons. The SMILES string of the molecule is O=C(N[C@@H](c1ccccc1)C1CCC1)N1CCC[C@H](c2ncc[nH]2)C1. The maximum Gasteiger partial charge on any atom is 0.317 e. The molecule has 2 heterocycles. The molecule has 0 spiro atoms. The Morgan fingerprint density at radius 2 is 2.04 bits per heavy atom. The minimum Gasteiger partial charge on any atom is -0.348 e. The van der Waals surface area contributed by atoms with Crippen LogP contribution in [0.4, 0.5) is 4.79 Å². The first kappa shape index (κ1) is 16.2. The Morgan fingerprint density at radius 1 is 1.20 bits per heavy atom. The number of carbonyl (C=O) groups is 1. The number of rotatable bonds is 4. The zero-order valence-electron chi connectivity index (χ0n) is 14.5. The van der Waals surface area contributed by atoms with Crippen molar-refractivity contribution in [2.24, 2.45) is 5.92 Å². The van der Waals surface area contributed by atoms with Crippen molar-refractivity contribution < 1.29 is 4.79 Å². The van der Waals surface area contributed by atoms with E-state index in [2.05, 4.69) is 39.6 Å². The quantitative estimate of drug-likeness (QED) is 0.890. The number of piperidine rings is 1. The fraction of sp³-hybridized carbons (Fsp3) is 0.500. The first-order valence-corrected chi connectivity index (χ1v) is 9.41. The molecule has 5 nitrogen and oxygen atoms in total. The summed E-state index contributed by atoms with van der Waals surface area (Å²) in [5.41, 5.74) is 1.22. The number of imidazole rings is 1. The average molecular weight is 338 g/mol. The van der Waals surface area contributed by atoms with Crippen molar-refractivity contribution in [3.8, 4) is 0 Å². The highest BCUT2D eigenvalue weighted by atomic mass is 16.2. The molecular weight excluding hydrogens is 312 g/mol. The van der Waals surface area contributed by atoms with Crippen LogP contribution in [0.1, 0.15) is 55.5 Å². The molecule has 2 N–H and O–H groups in total. The number of H-pyrrole nitrogens is 1. The van der Waals surface area contributed by atoms with Crippen LogP contribution in [-0.2, 0) is 0 Å². The summed E-state index contributed by atoms with van der Waals surface area (Å²) in [4.78, 5) is 22.5. The van der Waals surface area contributed by atoms with Gasteiger partial charge in [-0.2, -0.15) is 0 Å². The van der Waals surface area contributed by atoms with Crippen LogP contribution >= 0.6 is 0 Å². The summed E-state index contributed by atoms with van der Waals surface area (Å²) in [6.45, 7) is 1.57. The Hall–Kier alpha value is -2.30. The third-order valence-electron chi connectivity index (χ3n) is 5.67. The number of amides is 2. The lowest BCUT2D eigenvalue weighted by Gasteiger charge is -2.38. The van der Waals surface area contributed by atoms with E-state index in [1.165, 1.54) is 24.8 Å². The van der Waals surface area contributed by atoms with E-state index in [1.807, 2.05) is 17.2 Å². The van der Waals surface area contributed by atoms with E-state index in [9.17, 15) is 4.79 Å². The van der Waals surface area contributed by atoms with Crippen LogP contribution in [0.15, 0.2) is 42.7 Å². The van der Waals surface area contributed by atoms with Crippen molar-refractivity contribution in [1.82, 2.24) is 20.2 Å². The summed E-state index contributed by atoms with van der Waals surface area (Å²) in [5.74, 6) is 1.88. The summed E-state index contributed by atoms with van der Waals surface area (Å²) in [5, 5.41) is 3.33. The number of aromatic amines is 1. The molecule has 1 saturated heterocycles. The average Bonchev–Trinajstić information content (AvgIpc) is 3.15. The molecule has 1 aromatic carbocycles. The van der Waals surface area contributed by atoms with Gasteiger partial charge in [0.15, 0.2) is 0 Å². The molecule has 25 heavy (non-hydrogen) atoms. The summed E-state index contributed by atoms with van der Waals surface area (Å²) < 4.78 is 0. The van der Waals surface area contributed by atoms with Crippen LogP contribution in [0, 0.1) is 5.92 Å². The molecule has 5 heteroatoms. The third-order valence-corrected chi connectivity index (χ3v) is 5.67. The number of hydrogen-bond acceptors (Lipinski definition) is 2. The molecule has 4 rings (SSSR count). The van der Waals surface area contributed by atoms with Crippen molar-refractivity contribution in [2.75, 3.05) is 13.1 Å². The molecule has 2 aliphatic rings. The molecule has 2 atom stereocenters. The Balaban J connectivity index is 1.44. The lowest BCUT2D eigenvalue weighted by atomic mass is 9.77. The predicted molar refractivity (Wildman–Crippen MR) is 97.2 cm³/mol. The largest absolute Gasteiger partial charge is 0.348 e. The fourth-order valence-electron chi connectivity index (χ4n) is 4.02. The number of nitrogens with zero attached hydrogens (tertiary/aromatic N) is 2. The Bertz CT molecular complexity index is 681. The van der Waals surface area contributed by atoms with Crippen LogP contribution < -0.4 is 5.32 Å². The highest BCUT2D eigenvalue weighted by molar-refractivity contribution is 5.75. The van der Waals surface area contributed by atoms with Gasteiger partial charge in [0.2, 0.25) is 0 Å². The van der Waals surface area contributed by atoms with E-state index < -0.39 is 0 Å².